The average Bonchev–Trinajstić information content (AvgIpc) is 2.89. The summed E-state index contributed by atoms with van der Waals surface area (Å²) in [6, 6.07) is 16.6. The number of hydrogen-bond donors (Lipinski definition) is 5. The lowest BCUT2D eigenvalue weighted by Gasteiger charge is -2.22. The minimum atomic E-state index is -1.02. The van der Waals surface area contributed by atoms with Crippen molar-refractivity contribution >= 4 is 23.8 Å². The molecule has 41 heavy (non-hydrogen) atoms. The Labute approximate surface area is 242 Å². The van der Waals surface area contributed by atoms with Gasteiger partial charge in [0.05, 0.1) is 6.04 Å². The van der Waals surface area contributed by atoms with Crippen molar-refractivity contribution in [2.45, 2.75) is 71.4 Å². The van der Waals surface area contributed by atoms with Crippen molar-refractivity contribution in [1.29, 1.82) is 0 Å². The standard InChI is InChI=1S/2C11H13NO3.C8H19NO2/c2*1-8(13)12-10(11(14)15)7-9-5-3-2-4-6-9;1-6(2)5-7(9)8(10-3)11-4/h2*2-6,10H,7H2,1H3,(H,12,13)(H,14,15);6-8H,5,9H2,1-4H3/t10-;;/m1../s1. The molecular formula is C30H45N3O8. The van der Waals surface area contributed by atoms with Gasteiger partial charge in [-0.1, -0.05) is 74.5 Å². The summed E-state index contributed by atoms with van der Waals surface area (Å²) in [4.78, 5) is 43.2. The van der Waals surface area contributed by atoms with Crippen LogP contribution in [0, 0.1) is 5.92 Å². The van der Waals surface area contributed by atoms with Gasteiger partial charge in [0.2, 0.25) is 11.8 Å². The van der Waals surface area contributed by atoms with E-state index < -0.39 is 24.0 Å². The number of amides is 2. The molecule has 0 spiro atoms. The van der Waals surface area contributed by atoms with E-state index in [0.29, 0.717) is 18.8 Å². The van der Waals surface area contributed by atoms with Crippen molar-refractivity contribution in [2.24, 2.45) is 11.7 Å². The molecule has 11 heteroatoms. The molecule has 6 N–H and O–H groups in total. The number of rotatable bonds is 13. The quantitative estimate of drug-likeness (QED) is 0.225. The van der Waals surface area contributed by atoms with Crippen LogP contribution in [0.25, 0.3) is 0 Å². The topological polar surface area (TPSA) is 177 Å². The van der Waals surface area contributed by atoms with Gasteiger partial charge >= 0.3 is 11.9 Å². The lowest BCUT2D eigenvalue weighted by Crippen LogP contribution is -2.41. The molecule has 2 rings (SSSR count). The molecule has 0 bridgehead atoms. The van der Waals surface area contributed by atoms with Crippen LogP contribution in [-0.2, 0) is 41.5 Å². The summed E-state index contributed by atoms with van der Waals surface area (Å²) in [6.45, 7) is 6.87. The number of nitrogens with two attached hydrogens (primary N) is 1. The first-order valence-electron chi connectivity index (χ1n) is 13.2. The van der Waals surface area contributed by atoms with Crippen LogP contribution < -0.4 is 16.4 Å². The Morgan fingerprint density at radius 1 is 0.732 bits per heavy atom. The molecule has 0 aliphatic heterocycles. The molecular weight excluding hydrogens is 530 g/mol. The number of aliphatic carboxylic acids is 2. The normalized spacial score (nSPS) is 12.5. The molecule has 0 fully saturated rings. The van der Waals surface area contributed by atoms with Crippen molar-refractivity contribution < 1.29 is 38.9 Å². The fourth-order valence-corrected chi connectivity index (χ4v) is 3.69. The Balaban J connectivity index is 0.000000595. The molecule has 0 saturated heterocycles. The number of carbonyl (C=O) groups is 4. The molecule has 11 nitrogen and oxygen atoms in total. The van der Waals surface area contributed by atoms with Crippen LogP contribution in [0.2, 0.25) is 0 Å². The third kappa shape index (κ3) is 18.2. The second kappa shape index (κ2) is 21.0. The first kappa shape index (κ1) is 37.2. The highest BCUT2D eigenvalue weighted by atomic mass is 16.7. The van der Waals surface area contributed by atoms with E-state index in [2.05, 4.69) is 24.5 Å². The molecule has 228 valence electrons. The van der Waals surface area contributed by atoms with E-state index >= 15 is 0 Å². The van der Waals surface area contributed by atoms with Gasteiger partial charge in [0.1, 0.15) is 12.1 Å². The first-order chi connectivity index (χ1) is 19.3. The molecule has 2 aromatic carbocycles. The molecule has 3 atom stereocenters. The highest BCUT2D eigenvalue weighted by Crippen LogP contribution is 2.08. The van der Waals surface area contributed by atoms with Crippen molar-refractivity contribution in [3.63, 3.8) is 0 Å². The maximum absolute atomic E-state index is 10.8. The molecule has 2 amide bonds. The van der Waals surface area contributed by atoms with Crippen LogP contribution in [0.5, 0.6) is 0 Å². The van der Waals surface area contributed by atoms with E-state index in [4.69, 9.17) is 25.4 Å². The number of hydrogen-bond acceptors (Lipinski definition) is 7. The van der Waals surface area contributed by atoms with E-state index in [1.54, 1.807) is 14.2 Å². The van der Waals surface area contributed by atoms with Gasteiger partial charge in [-0.2, -0.15) is 0 Å². The number of carbonyl (C=O) groups excluding carboxylic acids is 2. The lowest BCUT2D eigenvalue weighted by molar-refractivity contribution is -0.141. The second-order valence-electron chi connectivity index (χ2n) is 9.70. The Bertz CT molecular complexity index is 959. The van der Waals surface area contributed by atoms with Crippen LogP contribution >= 0.6 is 0 Å². The number of methoxy groups -OCH3 is 2. The minimum Gasteiger partial charge on any atom is -0.480 e. The largest absolute Gasteiger partial charge is 0.480 e. The van der Waals surface area contributed by atoms with Crippen LogP contribution in [-0.4, -0.2) is 72.6 Å². The second-order valence-corrected chi connectivity index (χ2v) is 9.70. The van der Waals surface area contributed by atoms with Gasteiger partial charge in [-0.15, -0.1) is 0 Å². The van der Waals surface area contributed by atoms with Crippen LogP contribution in [0.1, 0.15) is 45.2 Å². The molecule has 2 unspecified atom stereocenters. The van der Waals surface area contributed by atoms with Gasteiger partial charge in [0, 0.05) is 40.9 Å². The Kier molecular flexibility index (Phi) is 19.1. The predicted molar refractivity (Wildman–Crippen MR) is 156 cm³/mol. The van der Waals surface area contributed by atoms with Crippen LogP contribution in [0.15, 0.2) is 60.7 Å². The van der Waals surface area contributed by atoms with Gasteiger partial charge in [0.25, 0.3) is 0 Å². The third-order valence-electron chi connectivity index (χ3n) is 5.47. The summed E-state index contributed by atoms with van der Waals surface area (Å²) >= 11 is 0. The summed E-state index contributed by atoms with van der Waals surface area (Å²) < 4.78 is 10.0. The van der Waals surface area contributed by atoms with Gasteiger partial charge < -0.3 is 36.1 Å². The summed E-state index contributed by atoms with van der Waals surface area (Å²) in [7, 11) is 3.21. The van der Waals surface area contributed by atoms with E-state index in [9.17, 15) is 19.2 Å². The minimum absolute atomic E-state index is 0.0231. The zero-order valence-electron chi connectivity index (χ0n) is 24.7. The number of carboxylic acid groups (broad SMARTS) is 2. The van der Waals surface area contributed by atoms with E-state index in [0.717, 1.165) is 17.5 Å². The molecule has 0 radical (unpaired) electrons. The van der Waals surface area contributed by atoms with Crippen molar-refractivity contribution in [3.05, 3.63) is 71.8 Å². The smallest absolute Gasteiger partial charge is 0.326 e. The third-order valence-corrected chi connectivity index (χ3v) is 5.47. The number of carboxylic acids is 2. The molecule has 0 heterocycles. The number of nitrogens with one attached hydrogen (secondary N) is 2. The maximum atomic E-state index is 10.8. The SMILES string of the molecule is CC(=O)NC(Cc1ccccc1)C(=O)O.CC(=O)N[C@H](Cc1ccccc1)C(=O)O.COC(OC)C(N)CC(C)C. The van der Waals surface area contributed by atoms with Crippen LogP contribution in [0.4, 0.5) is 0 Å². The van der Waals surface area contributed by atoms with E-state index in [1.807, 2.05) is 60.7 Å². The monoisotopic (exact) mass is 575 g/mol. The van der Waals surface area contributed by atoms with Gasteiger partial charge in [-0.05, 0) is 23.5 Å². The van der Waals surface area contributed by atoms with Crippen molar-refractivity contribution in [1.82, 2.24) is 10.6 Å². The maximum Gasteiger partial charge on any atom is 0.326 e. The Morgan fingerprint density at radius 3 is 1.32 bits per heavy atom. The average molecular weight is 576 g/mol. The molecule has 0 aliphatic rings. The first-order valence-corrected chi connectivity index (χ1v) is 13.2. The highest BCUT2D eigenvalue weighted by molar-refractivity contribution is 5.82. The zero-order chi connectivity index (χ0) is 31.4. The predicted octanol–water partition coefficient (Wildman–Crippen LogP) is 2.62. The van der Waals surface area contributed by atoms with Gasteiger partial charge in [-0.25, -0.2) is 9.59 Å². The molecule has 0 aromatic heterocycles. The number of benzene rings is 2. The van der Waals surface area contributed by atoms with Crippen molar-refractivity contribution in [3.8, 4) is 0 Å². The summed E-state index contributed by atoms with van der Waals surface area (Å²) in [5.41, 5.74) is 7.57. The summed E-state index contributed by atoms with van der Waals surface area (Å²) in [5.74, 6) is -2.13. The molecule has 0 aliphatic carbocycles. The van der Waals surface area contributed by atoms with E-state index in [1.165, 1.54) is 13.8 Å². The summed E-state index contributed by atoms with van der Waals surface area (Å²) in [6.07, 6.45) is 1.26. The van der Waals surface area contributed by atoms with Crippen molar-refractivity contribution in [2.75, 3.05) is 14.2 Å². The lowest BCUT2D eigenvalue weighted by atomic mass is 10.0. The van der Waals surface area contributed by atoms with Gasteiger partial charge in [-0.3, -0.25) is 9.59 Å². The fourth-order valence-electron chi connectivity index (χ4n) is 3.69. The van der Waals surface area contributed by atoms with Gasteiger partial charge in [0.15, 0.2) is 6.29 Å². The van der Waals surface area contributed by atoms with E-state index in [-0.39, 0.29) is 24.1 Å². The zero-order valence-corrected chi connectivity index (χ0v) is 24.7. The Morgan fingerprint density at radius 2 is 1.07 bits per heavy atom. The van der Waals surface area contributed by atoms with Crippen LogP contribution in [0.3, 0.4) is 0 Å². The number of ether oxygens (including phenoxy) is 2. The summed E-state index contributed by atoms with van der Waals surface area (Å²) in [5, 5.41) is 22.5. The fraction of sp³-hybridized carbons (Fsp3) is 0.467. The molecule has 0 saturated carbocycles. The Hall–Kier alpha value is -3.80. The highest BCUT2D eigenvalue weighted by Gasteiger charge is 2.19. The molecule has 2 aromatic rings.